The van der Waals surface area contributed by atoms with Crippen molar-refractivity contribution in [3.05, 3.63) is 11.8 Å². The average Bonchev–Trinajstić information content (AvgIpc) is 2.38. The molecule has 0 spiro atoms. The van der Waals surface area contributed by atoms with Crippen molar-refractivity contribution < 1.29 is 17.9 Å². The van der Waals surface area contributed by atoms with Crippen LogP contribution in [0.15, 0.2) is 6.07 Å². The topological polar surface area (TPSA) is 64.3 Å². The molecule has 0 aliphatic carbocycles. The zero-order chi connectivity index (χ0) is 14.8. The van der Waals surface area contributed by atoms with Crippen LogP contribution in [0, 0.1) is 0 Å². The van der Waals surface area contributed by atoms with Crippen molar-refractivity contribution in [2.75, 3.05) is 30.3 Å². The molecule has 1 aliphatic rings. The molecule has 0 radical (unpaired) electrons. The fraction of sp³-hybridized carbons (Fsp3) is 0.667. The third-order valence-electron chi connectivity index (χ3n) is 3.12. The minimum Gasteiger partial charge on any atom is -0.377 e. The SMILES string of the molecule is CCOC1CCCN(c2cc(C(F)(F)F)nc(N)n2)C1. The van der Waals surface area contributed by atoms with Crippen molar-refractivity contribution in [2.45, 2.75) is 32.0 Å². The molecule has 1 fully saturated rings. The van der Waals surface area contributed by atoms with Gasteiger partial charge in [0.1, 0.15) is 5.82 Å². The van der Waals surface area contributed by atoms with E-state index in [4.69, 9.17) is 10.5 Å². The molecule has 20 heavy (non-hydrogen) atoms. The molecule has 1 aromatic heterocycles. The molecular formula is C12H17F3N4O. The Hall–Kier alpha value is -1.57. The van der Waals surface area contributed by atoms with Gasteiger partial charge in [-0.15, -0.1) is 0 Å². The van der Waals surface area contributed by atoms with Gasteiger partial charge in [-0.05, 0) is 19.8 Å². The molecule has 0 bridgehead atoms. The summed E-state index contributed by atoms with van der Waals surface area (Å²) in [4.78, 5) is 8.90. The van der Waals surface area contributed by atoms with Gasteiger partial charge >= 0.3 is 6.18 Å². The molecule has 2 heterocycles. The van der Waals surface area contributed by atoms with Crippen molar-refractivity contribution in [1.82, 2.24) is 9.97 Å². The number of nitrogen functional groups attached to an aromatic ring is 1. The number of ether oxygens (including phenoxy) is 1. The Labute approximate surface area is 114 Å². The van der Waals surface area contributed by atoms with E-state index in [2.05, 4.69) is 9.97 Å². The number of halogens is 3. The molecule has 1 unspecified atom stereocenters. The largest absolute Gasteiger partial charge is 0.433 e. The van der Waals surface area contributed by atoms with E-state index in [9.17, 15) is 13.2 Å². The summed E-state index contributed by atoms with van der Waals surface area (Å²) >= 11 is 0. The molecule has 2 rings (SSSR count). The normalized spacial score (nSPS) is 20.2. The van der Waals surface area contributed by atoms with Crippen molar-refractivity contribution >= 4 is 11.8 Å². The third kappa shape index (κ3) is 3.50. The molecule has 0 amide bonds. The Balaban J connectivity index is 2.21. The number of rotatable bonds is 3. The second kappa shape index (κ2) is 5.82. The van der Waals surface area contributed by atoms with E-state index >= 15 is 0 Å². The molecule has 1 aromatic rings. The quantitative estimate of drug-likeness (QED) is 0.923. The number of nitrogens with zero attached hydrogens (tertiary/aromatic N) is 3. The third-order valence-corrected chi connectivity index (χ3v) is 3.12. The highest BCUT2D eigenvalue weighted by Crippen LogP contribution is 2.31. The van der Waals surface area contributed by atoms with Gasteiger partial charge in [0.15, 0.2) is 5.69 Å². The number of nitrogens with two attached hydrogens (primary N) is 1. The van der Waals surface area contributed by atoms with Gasteiger partial charge in [-0.2, -0.15) is 18.2 Å². The highest BCUT2D eigenvalue weighted by atomic mass is 19.4. The first-order chi connectivity index (χ1) is 9.40. The van der Waals surface area contributed by atoms with Crippen LogP contribution in [0.5, 0.6) is 0 Å². The van der Waals surface area contributed by atoms with Gasteiger partial charge < -0.3 is 15.4 Å². The molecule has 1 saturated heterocycles. The Kier molecular flexibility index (Phi) is 4.32. The predicted molar refractivity (Wildman–Crippen MR) is 68.3 cm³/mol. The standard InChI is InChI=1S/C12H17F3N4O/c1-2-20-8-4-3-5-19(7-8)10-6-9(12(13,14)15)17-11(16)18-10/h6,8H,2-5,7H2,1H3,(H2,16,17,18). The van der Waals surface area contributed by atoms with Crippen LogP contribution in [0.2, 0.25) is 0 Å². The molecule has 1 aliphatic heterocycles. The van der Waals surface area contributed by atoms with Gasteiger partial charge in [-0.3, -0.25) is 0 Å². The van der Waals surface area contributed by atoms with Crippen LogP contribution in [0.3, 0.4) is 0 Å². The lowest BCUT2D eigenvalue weighted by atomic mass is 10.1. The number of anilines is 2. The lowest BCUT2D eigenvalue weighted by Crippen LogP contribution is -2.40. The van der Waals surface area contributed by atoms with E-state index < -0.39 is 11.9 Å². The monoisotopic (exact) mass is 290 g/mol. The summed E-state index contributed by atoms with van der Waals surface area (Å²) in [5.41, 5.74) is 4.36. The van der Waals surface area contributed by atoms with Gasteiger partial charge in [0.25, 0.3) is 0 Å². The first-order valence-corrected chi connectivity index (χ1v) is 6.48. The van der Waals surface area contributed by atoms with Gasteiger partial charge in [0, 0.05) is 25.8 Å². The van der Waals surface area contributed by atoms with Gasteiger partial charge in [0.2, 0.25) is 5.95 Å². The molecule has 0 saturated carbocycles. The van der Waals surface area contributed by atoms with Crippen LogP contribution >= 0.6 is 0 Å². The lowest BCUT2D eigenvalue weighted by Gasteiger charge is -2.33. The van der Waals surface area contributed by atoms with E-state index in [1.807, 2.05) is 6.92 Å². The van der Waals surface area contributed by atoms with Crippen LogP contribution < -0.4 is 10.6 Å². The maximum absolute atomic E-state index is 12.7. The second-order valence-electron chi connectivity index (χ2n) is 4.63. The number of piperidine rings is 1. The minimum atomic E-state index is -4.53. The minimum absolute atomic E-state index is 0.0132. The Morgan fingerprint density at radius 2 is 2.20 bits per heavy atom. The van der Waals surface area contributed by atoms with Crippen LogP contribution in [0.4, 0.5) is 24.9 Å². The highest BCUT2D eigenvalue weighted by Gasteiger charge is 2.34. The smallest absolute Gasteiger partial charge is 0.377 e. The maximum atomic E-state index is 12.7. The maximum Gasteiger partial charge on any atom is 0.433 e. The number of aromatic nitrogens is 2. The van der Waals surface area contributed by atoms with E-state index in [-0.39, 0.29) is 17.9 Å². The number of hydrogen-bond donors (Lipinski definition) is 1. The van der Waals surface area contributed by atoms with Gasteiger partial charge in [-0.25, -0.2) is 4.98 Å². The van der Waals surface area contributed by atoms with E-state index in [1.54, 1.807) is 4.90 Å². The molecule has 1 atom stereocenters. The Morgan fingerprint density at radius 1 is 1.45 bits per heavy atom. The van der Waals surface area contributed by atoms with Crippen LogP contribution in [-0.4, -0.2) is 35.8 Å². The predicted octanol–water partition coefficient (Wildman–Crippen LogP) is 2.08. The lowest BCUT2D eigenvalue weighted by molar-refractivity contribution is -0.141. The molecule has 2 N–H and O–H groups in total. The van der Waals surface area contributed by atoms with E-state index in [0.717, 1.165) is 18.9 Å². The van der Waals surface area contributed by atoms with Crippen molar-refractivity contribution in [3.8, 4) is 0 Å². The summed E-state index contributed by atoms with van der Waals surface area (Å²) in [6, 6.07) is 0.935. The first-order valence-electron chi connectivity index (χ1n) is 6.48. The summed E-state index contributed by atoms with van der Waals surface area (Å²) in [6.45, 7) is 3.63. The van der Waals surface area contributed by atoms with Crippen molar-refractivity contribution in [1.29, 1.82) is 0 Å². The summed E-state index contributed by atoms with van der Waals surface area (Å²) in [6.07, 6.45) is -2.77. The molecule has 0 aromatic carbocycles. The van der Waals surface area contributed by atoms with Crippen molar-refractivity contribution in [2.24, 2.45) is 0 Å². The van der Waals surface area contributed by atoms with Crippen LogP contribution in [0.1, 0.15) is 25.5 Å². The molecular weight excluding hydrogens is 273 g/mol. The summed E-state index contributed by atoms with van der Waals surface area (Å²) < 4.78 is 43.7. The fourth-order valence-electron chi connectivity index (χ4n) is 2.28. The summed E-state index contributed by atoms with van der Waals surface area (Å²) in [5.74, 6) is -0.164. The van der Waals surface area contributed by atoms with E-state index in [1.165, 1.54) is 0 Å². The van der Waals surface area contributed by atoms with Crippen LogP contribution in [-0.2, 0) is 10.9 Å². The van der Waals surface area contributed by atoms with Crippen LogP contribution in [0.25, 0.3) is 0 Å². The number of hydrogen-bond acceptors (Lipinski definition) is 5. The molecule has 8 heteroatoms. The second-order valence-corrected chi connectivity index (χ2v) is 4.63. The Bertz CT molecular complexity index is 465. The summed E-state index contributed by atoms with van der Waals surface area (Å²) in [7, 11) is 0. The zero-order valence-electron chi connectivity index (χ0n) is 11.2. The Morgan fingerprint density at radius 3 is 2.85 bits per heavy atom. The highest BCUT2D eigenvalue weighted by molar-refractivity contribution is 5.44. The van der Waals surface area contributed by atoms with Gasteiger partial charge in [0.05, 0.1) is 6.10 Å². The first kappa shape index (κ1) is 14.8. The zero-order valence-corrected chi connectivity index (χ0v) is 11.2. The molecule has 112 valence electrons. The summed E-state index contributed by atoms with van der Waals surface area (Å²) in [5, 5.41) is 0. The van der Waals surface area contributed by atoms with E-state index in [0.29, 0.717) is 19.7 Å². The molecule has 5 nitrogen and oxygen atoms in total. The average molecular weight is 290 g/mol. The number of alkyl halides is 3. The fourth-order valence-corrected chi connectivity index (χ4v) is 2.28. The van der Waals surface area contributed by atoms with Crippen molar-refractivity contribution in [3.63, 3.8) is 0 Å². The van der Waals surface area contributed by atoms with Gasteiger partial charge in [-0.1, -0.05) is 0 Å².